The van der Waals surface area contributed by atoms with E-state index in [1.807, 2.05) is 11.8 Å². The van der Waals surface area contributed by atoms with Crippen LogP contribution in [0, 0.1) is 0 Å². The maximum absolute atomic E-state index is 11.8. The predicted octanol–water partition coefficient (Wildman–Crippen LogP) is 0.0692. The molecule has 1 N–H and O–H groups in total. The summed E-state index contributed by atoms with van der Waals surface area (Å²) >= 11 is 1.98. The van der Waals surface area contributed by atoms with Gasteiger partial charge in [0.05, 0.1) is 0 Å². The summed E-state index contributed by atoms with van der Waals surface area (Å²) in [6, 6.07) is 2.04. The van der Waals surface area contributed by atoms with Crippen molar-refractivity contribution >= 4 is 11.8 Å². The average Bonchev–Trinajstić information content (AvgIpc) is 2.40. The molecule has 0 atom stereocenters. The van der Waals surface area contributed by atoms with Gasteiger partial charge in [-0.3, -0.25) is 13.9 Å². The minimum absolute atomic E-state index is 0.242. The van der Waals surface area contributed by atoms with Gasteiger partial charge >= 0.3 is 5.69 Å². The summed E-state index contributed by atoms with van der Waals surface area (Å²) in [7, 11) is 3.20. The lowest BCUT2D eigenvalue weighted by Gasteiger charge is -2.23. The van der Waals surface area contributed by atoms with E-state index in [-0.39, 0.29) is 11.2 Å². The molecule has 0 aliphatic carbocycles. The van der Waals surface area contributed by atoms with Crippen molar-refractivity contribution in [1.82, 2.24) is 14.5 Å². The lowest BCUT2D eigenvalue weighted by molar-refractivity contribution is 0.468. The second-order valence-corrected chi connectivity index (χ2v) is 5.87. The molecule has 0 amide bonds. The van der Waals surface area contributed by atoms with Crippen molar-refractivity contribution in [3.05, 3.63) is 32.6 Å². The summed E-state index contributed by atoms with van der Waals surface area (Å²) in [4.78, 5) is 23.3. The van der Waals surface area contributed by atoms with Crippen molar-refractivity contribution in [2.75, 3.05) is 11.5 Å². The molecule has 2 heterocycles. The molecule has 1 aromatic heterocycles. The molecule has 0 spiro atoms. The van der Waals surface area contributed by atoms with Crippen LogP contribution in [0.2, 0.25) is 0 Å². The first-order valence-corrected chi connectivity index (χ1v) is 7.32. The highest BCUT2D eigenvalue weighted by Crippen LogP contribution is 2.17. The minimum Gasteiger partial charge on any atom is -0.308 e. The van der Waals surface area contributed by atoms with Gasteiger partial charge in [0.15, 0.2) is 0 Å². The van der Waals surface area contributed by atoms with E-state index in [1.165, 1.54) is 29.2 Å². The van der Waals surface area contributed by atoms with Crippen LogP contribution in [0.15, 0.2) is 15.7 Å². The first-order valence-electron chi connectivity index (χ1n) is 6.16. The Labute approximate surface area is 110 Å². The highest BCUT2D eigenvalue weighted by molar-refractivity contribution is 7.99. The molecule has 6 heteroatoms. The zero-order valence-electron chi connectivity index (χ0n) is 10.8. The normalized spacial score (nSPS) is 17.0. The molecule has 1 fully saturated rings. The van der Waals surface area contributed by atoms with E-state index in [9.17, 15) is 9.59 Å². The lowest BCUT2D eigenvalue weighted by Crippen LogP contribution is -2.40. The van der Waals surface area contributed by atoms with Crippen LogP contribution >= 0.6 is 11.8 Å². The maximum atomic E-state index is 11.8. The fourth-order valence-corrected chi connectivity index (χ4v) is 3.21. The van der Waals surface area contributed by atoms with Crippen molar-refractivity contribution < 1.29 is 0 Å². The van der Waals surface area contributed by atoms with Crippen molar-refractivity contribution in [3.63, 3.8) is 0 Å². The van der Waals surface area contributed by atoms with Crippen LogP contribution in [-0.4, -0.2) is 26.7 Å². The number of hydrogen-bond donors (Lipinski definition) is 1. The van der Waals surface area contributed by atoms with Crippen molar-refractivity contribution in [2.45, 2.75) is 25.4 Å². The highest BCUT2D eigenvalue weighted by Gasteiger charge is 2.14. The SMILES string of the molecule is Cn1c(CNC2CCSCC2)cc(=O)n(C)c1=O. The number of aromatic nitrogens is 2. The van der Waals surface area contributed by atoms with Gasteiger partial charge in [-0.25, -0.2) is 4.79 Å². The molecule has 1 aromatic rings. The third kappa shape index (κ3) is 2.87. The van der Waals surface area contributed by atoms with E-state index < -0.39 is 0 Å². The summed E-state index contributed by atoms with van der Waals surface area (Å²) < 4.78 is 2.66. The number of thioether (sulfide) groups is 1. The molecule has 0 saturated carbocycles. The van der Waals surface area contributed by atoms with E-state index in [2.05, 4.69) is 5.32 Å². The second-order valence-electron chi connectivity index (χ2n) is 4.64. The number of nitrogens with one attached hydrogen (secondary N) is 1. The summed E-state index contributed by atoms with van der Waals surface area (Å²) in [6.45, 7) is 0.581. The van der Waals surface area contributed by atoms with E-state index in [4.69, 9.17) is 0 Å². The third-order valence-electron chi connectivity index (χ3n) is 3.42. The number of rotatable bonds is 3. The zero-order chi connectivity index (χ0) is 13.1. The molecule has 0 bridgehead atoms. The van der Waals surface area contributed by atoms with Gasteiger partial charge in [-0.05, 0) is 24.3 Å². The van der Waals surface area contributed by atoms with Crippen LogP contribution in [0.5, 0.6) is 0 Å². The van der Waals surface area contributed by atoms with E-state index in [0.717, 1.165) is 23.1 Å². The molecule has 1 aliphatic heterocycles. The van der Waals surface area contributed by atoms with Crippen LogP contribution in [0.3, 0.4) is 0 Å². The van der Waals surface area contributed by atoms with E-state index in [0.29, 0.717) is 12.6 Å². The van der Waals surface area contributed by atoms with Crippen LogP contribution in [-0.2, 0) is 20.6 Å². The molecule has 100 valence electrons. The van der Waals surface area contributed by atoms with Gasteiger partial charge in [0.25, 0.3) is 5.56 Å². The Hall–Kier alpha value is -1.01. The van der Waals surface area contributed by atoms with Gasteiger partial charge in [0.2, 0.25) is 0 Å². The number of nitrogens with zero attached hydrogens (tertiary/aromatic N) is 2. The number of hydrogen-bond acceptors (Lipinski definition) is 4. The Morgan fingerprint density at radius 3 is 2.61 bits per heavy atom. The van der Waals surface area contributed by atoms with Crippen molar-refractivity contribution in [1.29, 1.82) is 0 Å². The molecule has 5 nitrogen and oxygen atoms in total. The molecular formula is C12H19N3O2S. The standard InChI is InChI=1S/C12H19N3O2S/c1-14-10(7-11(16)15(2)12(14)17)8-13-9-3-5-18-6-4-9/h7,9,13H,3-6,8H2,1-2H3. The van der Waals surface area contributed by atoms with Crippen LogP contribution in [0.1, 0.15) is 18.5 Å². The van der Waals surface area contributed by atoms with Gasteiger partial charge in [0, 0.05) is 38.4 Å². The van der Waals surface area contributed by atoms with E-state index in [1.54, 1.807) is 7.05 Å². The Bertz CT molecular complexity index is 529. The molecule has 1 saturated heterocycles. The molecular weight excluding hydrogens is 250 g/mol. The van der Waals surface area contributed by atoms with Crippen molar-refractivity contribution in [3.8, 4) is 0 Å². The summed E-state index contributed by atoms with van der Waals surface area (Å²) in [5, 5.41) is 3.43. The van der Waals surface area contributed by atoms with Gasteiger partial charge < -0.3 is 5.32 Å². The smallest absolute Gasteiger partial charge is 0.308 e. The molecule has 0 aromatic carbocycles. The van der Waals surface area contributed by atoms with Gasteiger partial charge in [-0.2, -0.15) is 11.8 Å². The van der Waals surface area contributed by atoms with Gasteiger partial charge in [0.1, 0.15) is 0 Å². The summed E-state index contributed by atoms with van der Waals surface area (Å²) in [6.07, 6.45) is 2.31. The minimum atomic E-state index is -0.265. The first kappa shape index (κ1) is 13.4. The zero-order valence-corrected chi connectivity index (χ0v) is 11.6. The topological polar surface area (TPSA) is 56.0 Å². The quantitative estimate of drug-likeness (QED) is 0.843. The largest absolute Gasteiger partial charge is 0.330 e. The average molecular weight is 269 g/mol. The van der Waals surface area contributed by atoms with Gasteiger partial charge in [-0.1, -0.05) is 0 Å². The van der Waals surface area contributed by atoms with Crippen LogP contribution in [0.25, 0.3) is 0 Å². The third-order valence-corrected chi connectivity index (χ3v) is 4.47. The van der Waals surface area contributed by atoms with E-state index >= 15 is 0 Å². The lowest BCUT2D eigenvalue weighted by atomic mass is 10.1. The molecule has 1 aliphatic rings. The Kier molecular flexibility index (Phi) is 4.29. The fraction of sp³-hybridized carbons (Fsp3) is 0.667. The van der Waals surface area contributed by atoms with Crippen molar-refractivity contribution in [2.24, 2.45) is 14.1 Å². The molecule has 18 heavy (non-hydrogen) atoms. The summed E-state index contributed by atoms with van der Waals surface area (Å²) in [5.74, 6) is 2.38. The molecule has 0 unspecified atom stereocenters. The van der Waals surface area contributed by atoms with Crippen LogP contribution < -0.4 is 16.6 Å². The molecule has 0 radical (unpaired) electrons. The summed E-state index contributed by atoms with van der Waals surface area (Å²) in [5.41, 5.74) is 0.244. The first-order chi connectivity index (χ1) is 8.59. The van der Waals surface area contributed by atoms with Crippen LogP contribution in [0.4, 0.5) is 0 Å². The molecule has 2 rings (SSSR count). The maximum Gasteiger partial charge on any atom is 0.330 e. The second kappa shape index (κ2) is 5.75. The monoisotopic (exact) mass is 269 g/mol. The fourth-order valence-electron chi connectivity index (χ4n) is 2.10. The Balaban J connectivity index is 2.10. The highest BCUT2D eigenvalue weighted by atomic mass is 32.2. The predicted molar refractivity (Wildman–Crippen MR) is 74.1 cm³/mol. The Morgan fingerprint density at radius 1 is 1.28 bits per heavy atom. The Morgan fingerprint density at radius 2 is 1.94 bits per heavy atom. The van der Waals surface area contributed by atoms with Gasteiger partial charge in [-0.15, -0.1) is 0 Å².